The Morgan fingerprint density at radius 1 is 0.947 bits per heavy atom. The normalized spacial score (nSPS) is 13.6. The summed E-state index contributed by atoms with van der Waals surface area (Å²) in [7, 11) is 2.60. The number of hydrogen-bond donors (Lipinski definition) is 1. The number of carbonyl (C=O) groups is 3. The Bertz CT molecular complexity index is 1130. The molecule has 1 amide bonds. The Morgan fingerprint density at radius 3 is 2.00 bits per heavy atom. The predicted octanol–water partition coefficient (Wildman–Crippen LogP) is 5.76. The van der Waals surface area contributed by atoms with Crippen molar-refractivity contribution in [2.24, 2.45) is 5.92 Å². The summed E-state index contributed by atoms with van der Waals surface area (Å²) in [5.41, 5.74) is 0.679. The molecule has 3 heterocycles. The first kappa shape index (κ1) is 31.4. The molecule has 1 fully saturated rings. The van der Waals surface area contributed by atoms with Gasteiger partial charge in [-0.25, -0.2) is 24.4 Å². The van der Waals surface area contributed by atoms with Gasteiger partial charge in [-0.05, 0) is 51.7 Å². The molecule has 208 valence electrons. The number of amides is 1. The predicted molar refractivity (Wildman–Crippen MR) is 145 cm³/mol. The van der Waals surface area contributed by atoms with Crippen LogP contribution in [0.2, 0.25) is 15.3 Å². The smallest absolute Gasteiger partial charge is 0.410 e. The Balaban J connectivity index is 0.000000352. The number of hydrogen-bond acceptors (Lipinski definition) is 9. The van der Waals surface area contributed by atoms with Crippen LogP contribution >= 0.6 is 34.8 Å². The standard InChI is InChI=1S/C18H26ClN3O4.C7H5Cl2NO2/c1-18(2,3)26-17(24)22-7-5-12(6-8-22)10-20-14-9-15(19)21-11-13(14)16(23)25-4;1-12-7(11)4-3-10-6(9)2-5(4)8/h9,11-12H,5-8,10H2,1-4H3,(H,20,21);2-3H,1H3. The second-order valence-electron chi connectivity index (χ2n) is 9.31. The summed E-state index contributed by atoms with van der Waals surface area (Å²) in [5, 5.41) is 4.05. The Morgan fingerprint density at radius 2 is 1.47 bits per heavy atom. The van der Waals surface area contributed by atoms with Crippen molar-refractivity contribution >= 4 is 58.5 Å². The number of halogens is 3. The fourth-order valence-electron chi connectivity index (χ4n) is 3.42. The maximum atomic E-state index is 12.1. The number of pyridine rings is 2. The summed E-state index contributed by atoms with van der Waals surface area (Å²) in [4.78, 5) is 44.2. The van der Waals surface area contributed by atoms with E-state index in [4.69, 9.17) is 44.3 Å². The second-order valence-corrected chi connectivity index (χ2v) is 10.5. The topological polar surface area (TPSA) is 120 Å². The van der Waals surface area contributed by atoms with Crippen LogP contribution in [0, 0.1) is 5.92 Å². The summed E-state index contributed by atoms with van der Waals surface area (Å²) in [5.74, 6) is -0.605. The lowest BCUT2D eigenvalue weighted by molar-refractivity contribution is 0.0187. The van der Waals surface area contributed by atoms with E-state index in [0.717, 1.165) is 12.8 Å². The molecule has 0 saturated carbocycles. The van der Waals surface area contributed by atoms with Crippen LogP contribution < -0.4 is 5.32 Å². The van der Waals surface area contributed by atoms with E-state index in [-0.39, 0.29) is 21.8 Å². The number of aromatic nitrogens is 2. The average Bonchev–Trinajstić information content (AvgIpc) is 2.86. The van der Waals surface area contributed by atoms with Gasteiger partial charge in [0, 0.05) is 32.0 Å². The van der Waals surface area contributed by atoms with Crippen molar-refractivity contribution in [3.63, 3.8) is 0 Å². The van der Waals surface area contributed by atoms with Crippen LogP contribution in [0.3, 0.4) is 0 Å². The van der Waals surface area contributed by atoms with Crippen LogP contribution in [-0.2, 0) is 14.2 Å². The minimum atomic E-state index is -0.524. The van der Waals surface area contributed by atoms with Gasteiger partial charge in [-0.3, -0.25) is 0 Å². The number of esters is 2. The van der Waals surface area contributed by atoms with Crippen LogP contribution in [0.4, 0.5) is 10.5 Å². The SMILES string of the molecule is COC(=O)c1cnc(Cl)cc1Cl.COC(=O)c1cnc(Cl)cc1NCC1CCN(C(=O)OC(C)(C)C)CC1. The molecule has 0 bridgehead atoms. The molecule has 3 rings (SSSR count). The minimum Gasteiger partial charge on any atom is -0.465 e. The number of likely N-dealkylation sites (tertiary alicyclic amines) is 1. The number of methoxy groups -OCH3 is 2. The van der Waals surface area contributed by atoms with E-state index in [0.29, 0.717) is 42.0 Å². The van der Waals surface area contributed by atoms with Crippen molar-refractivity contribution in [1.82, 2.24) is 14.9 Å². The van der Waals surface area contributed by atoms with Crippen LogP contribution in [-0.4, -0.2) is 72.4 Å². The third-order valence-corrected chi connectivity index (χ3v) is 6.07. The number of piperidine rings is 1. The number of anilines is 1. The van der Waals surface area contributed by atoms with Gasteiger partial charge < -0.3 is 24.4 Å². The fraction of sp³-hybridized carbons (Fsp3) is 0.480. The van der Waals surface area contributed by atoms with Crippen molar-refractivity contribution in [3.05, 3.63) is 51.0 Å². The molecule has 38 heavy (non-hydrogen) atoms. The van der Waals surface area contributed by atoms with E-state index in [1.165, 1.54) is 32.7 Å². The van der Waals surface area contributed by atoms with Gasteiger partial charge in [0.1, 0.15) is 21.5 Å². The van der Waals surface area contributed by atoms with E-state index in [9.17, 15) is 14.4 Å². The molecule has 1 N–H and O–H groups in total. The zero-order valence-electron chi connectivity index (χ0n) is 21.8. The molecule has 0 atom stereocenters. The van der Waals surface area contributed by atoms with Crippen LogP contribution in [0.5, 0.6) is 0 Å². The first-order valence-corrected chi connectivity index (χ1v) is 12.8. The maximum Gasteiger partial charge on any atom is 0.410 e. The number of nitrogens with zero attached hydrogens (tertiary/aromatic N) is 3. The molecule has 0 unspecified atom stereocenters. The zero-order valence-corrected chi connectivity index (χ0v) is 24.1. The number of carbonyl (C=O) groups excluding carboxylic acids is 3. The molecule has 1 aliphatic rings. The summed E-state index contributed by atoms with van der Waals surface area (Å²) in [6.07, 6.45) is 4.13. The number of rotatable bonds is 5. The van der Waals surface area contributed by atoms with Crippen molar-refractivity contribution in [1.29, 1.82) is 0 Å². The highest BCUT2D eigenvalue weighted by atomic mass is 35.5. The van der Waals surface area contributed by atoms with Crippen molar-refractivity contribution in [2.75, 3.05) is 39.2 Å². The molecule has 0 radical (unpaired) electrons. The van der Waals surface area contributed by atoms with Gasteiger partial charge in [0.05, 0.1) is 30.5 Å². The van der Waals surface area contributed by atoms with E-state index in [1.54, 1.807) is 11.0 Å². The van der Waals surface area contributed by atoms with Crippen LogP contribution in [0.25, 0.3) is 0 Å². The highest BCUT2D eigenvalue weighted by Gasteiger charge is 2.27. The Hall–Kier alpha value is -2.82. The maximum absolute atomic E-state index is 12.1. The lowest BCUT2D eigenvalue weighted by Gasteiger charge is -2.33. The highest BCUT2D eigenvalue weighted by Crippen LogP contribution is 2.24. The van der Waals surface area contributed by atoms with Gasteiger partial charge in [-0.15, -0.1) is 0 Å². The summed E-state index contributed by atoms with van der Waals surface area (Å²) < 4.78 is 14.6. The summed E-state index contributed by atoms with van der Waals surface area (Å²) >= 11 is 17.1. The molecule has 1 saturated heterocycles. The van der Waals surface area contributed by atoms with E-state index < -0.39 is 17.5 Å². The van der Waals surface area contributed by atoms with Crippen LogP contribution in [0.15, 0.2) is 24.5 Å². The molecule has 0 spiro atoms. The third-order valence-electron chi connectivity index (χ3n) is 5.35. The van der Waals surface area contributed by atoms with Gasteiger partial charge in [-0.2, -0.15) is 0 Å². The summed E-state index contributed by atoms with van der Waals surface area (Å²) in [6.45, 7) is 7.57. The molecule has 2 aromatic rings. The average molecular weight is 590 g/mol. The van der Waals surface area contributed by atoms with Gasteiger partial charge in [0.2, 0.25) is 0 Å². The van der Waals surface area contributed by atoms with Gasteiger partial charge in [0.25, 0.3) is 0 Å². The van der Waals surface area contributed by atoms with E-state index in [1.807, 2.05) is 20.8 Å². The molecular weight excluding hydrogens is 559 g/mol. The second kappa shape index (κ2) is 14.4. The monoisotopic (exact) mass is 588 g/mol. The molecule has 10 nitrogen and oxygen atoms in total. The zero-order chi connectivity index (χ0) is 28.5. The largest absolute Gasteiger partial charge is 0.465 e. The highest BCUT2D eigenvalue weighted by molar-refractivity contribution is 6.36. The fourth-order valence-corrected chi connectivity index (χ4v) is 4.02. The first-order valence-electron chi connectivity index (χ1n) is 11.7. The summed E-state index contributed by atoms with van der Waals surface area (Å²) in [6, 6.07) is 3.00. The quantitative estimate of drug-likeness (QED) is 0.264. The number of ether oxygens (including phenoxy) is 3. The molecular formula is C25H31Cl3N4O6. The van der Waals surface area contributed by atoms with Gasteiger partial charge in [-0.1, -0.05) is 34.8 Å². The molecule has 0 aromatic carbocycles. The number of nitrogens with one attached hydrogen (secondary N) is 1. The minimum absolute atomic E-state index is 0.212. The van der Waals surface area contributed by atoms with Crippen LogP contribution in [0.1, 0.15) is 54.3 Å². The molecule has 0 aliphatic carbocycles. The van der Waals surface area contributed by atoms with Crippen molar-refractivity contribution < 1.29 is 28.6 Å². The first-order chi connectivity index (χ1) is 17.8. The molecule has 1 aliphatic heterocycles. The molecule has 2 aromatic heterocycles. The van der Waals surface area contributed by atoms with Crippen molar-refractivity contribution in [2.45, 2.75) is 39.2 Å². The van der Waals surface area contributed by atoms with Gasteiger partial charge in [0.15, 0.2) is 0 Å². The lowest BCUT2D eigenvalue weighted by atomic mass is 9.97. The third kappa shape index (κ3) is 9.81. The van der Waals surface area contributed by atoms with E-state index in [2.05, 4.69) is 20.0 Å². The lowest BCUT2D eigenvalue weighted by Crippen LogP contribution is -2.42. The Labute approximate surface area is 236 Å². The van der Waals surface area contributed by atoms with Gasteiger partial charge >= 0.3 is 18.0 Å². The van der Waals surface area contributed by atoms with E-state index >= 15 is 0 Å². The van der Waals surface area contributed by atoms with Crippen molar-refractivity contribution in [3.8, 4) is 0 Å². The molecule has 13 heteroatoms. The Kier molecular flexibility index (Phi) is 11.9.